The second-order valence-electron chi connectivity index (χ2n) is 8.70. The second-order valence-corrected chi connectivity index (χ2v) is 8.70. The van der Waals surface area contributed by atoms with Crippen molar-refractivity contribution in [3.8, 4) is 5.75 Å². The van der Waals surface area contributed by atoms with Crippen molar-refractivity contribution in [1.82, 2.24) is 16.0 Å². The van der Waals surface area contributed by atoms with Gasteiger partial charge in [-0.05, 0) is 68.6 Å². The average molecular weight is 438 g/mol. The van der Waals surface area contributed by atoms with Crippen LogP contribution in [0.5, 0.6) is 5.75 Å². The summed E-state index contributed by atoms with van der Waals surface area (Å²) in [6, 6.07) is 5.81. The maximum atomic E-state index is 12.5. The third-order valence-corrected chi connectivity index (χ3v) is 6.45. The molecular weight excluding hydrogens is 406 g/mol. The number of amides is 2. The number of ether oxygens (including phenoxy) is 1. The van der Waals surface area contributed by atoms with Gasteiger partial charge < -0.3 is 20.7 Å². The minimum Gasteiger partial charge on any atom is -0.488 e. The van der Waals surface area contributed by atoms with Crippen molar-refractivity contribution >= 4 is 23.7 Å². The average Bonchev–Trinajstić information content (AvgIpc) is 3.10. The summed E-state index contributed by atoms with van der Waals surface area (Å²) in [6.07, 6.45) is 10.7. The molecule has 2 aliphatic heterocycles. The van der Waals surface area contributed by atoms with Crippen molar-refractivity contribution in [3.05, 3.63) is 47.6 Å². The lowest BCUT2D eigenvalue weighted by atomic mass is 9.68. The SMILES string of the molecule is O=C1CC[C@]23C=CC(=O)NCCCCNCCCNC(=O)C=Cc4ccc(c2c4)O[C@@H]3C1. The number of nitrogens with one attached hydrogen (secondary N) is 3. The van der Waals surface area contributed by atoms with Gasteiger partial charge >= 0.3 is 0 Å². The zero-order valence-electron chi connectivity index (χ0n) is 18.3. The Hall–Kier alpha value is -2.93. The quantitative estimate of drug-likeness (QED) is 0.577. The molecule has 4 rings (SSSR count). The van der Waals surface area contributed by atoms with Gasteiger partial charge in [0, 0.05) is 37.6 Å². The number of rotatable bonds is 0. The molecule has 2 amide bonds. The van der Waals surface area contributed by atoms with Crippen LogP contribution in [0.2, 0.25) is 0 Å². The van der Waals surface area contributed by atoms with Gasteiger partial charge in [-0.2, -0.15) is 0 Å². The molecule has 7 nitrogen and oxygen atoms in total. The first-order chi connectivity index (χ1) is 15.6. The van der Waals surface area contributed by atoms with Gasteiger partial charge in [-0.15, -0.1) is 0 Å². The number of benzene rings is 1. The Balaban J connectivity index is 1.62. The summed E-state index contributed by atoms with van der Waals surface area (Å²) in [7, 11) is 0. The molecule has 1 aliphatic carbocycles. The Kier molecular flexibility index (Phi) is 7.05. The van der Waals surface area contributed by atoms with E-state index in [0.717, 1.165) is 49.2 Å². The van der Waals surface area contributed by atoms with Gasteiger partial charge in [0.05, 0.1) is 5.41 Å². The number of fused-ring (bicyclic) bond motifs is 1. The Labute approximate surface area is 188 Å². The second kappa shape index (κ2) is 10.1. The van der Waals surface area contributed by atoms with Crippen LogP contribution in [0.4, 0.5) is 0 Å². The number of Topliss-reactive ketones (excluding diaryl/α,β-unsaturated/α-hetero) is 1. The lowest BCUT2D eigenvalue weighted by molar-refractivity contribution is -0.123. The first-order valence-corrected chi connectivity index (χ1v) is 11.5. The summed E-state index contributed by atoms with van der Waals surface area (Å²) >= 11 is 0. The van der Waals surface area contributed by atoms with Crippen LogP contribution in [0.25, 0.3) is 6.08 Å². The highest BCUT2D eigenvalue weighted by atomic mass is 16.5. The van der Waals surface area contributed by atoms with E-state index in [1.807, 2.05) is 24.3 Å². The van der Waals surface area contributed by atoms with Crippen molar-refractivity contribution in [2.45, 2.75) is 50.0 Å². The molecule has 0 saturated heterocycles. The predicted octanol–water partition coefficient (Wildman–Crippen LogP) is 2.01. The molecule has 3 aliphatic rings. The summed E-state index contributed by atoms with van der Waals surface area (Å²) in [5.74, 6) is 0.677. The minimum absolute atomic E-state index is 0.122. The Morgan fingerprint density at radius 3 is 2.50 bits per heavy atom. The minimum atomic E-state index is -0.516. The fourth-order valence-corrected chi connectivity index (χ4v) is 4.66. The van der Waals surface area contributed by atoms with Gasteiger partial charge in [0.1, 0.15) is 17.6 Å². The molecule has 1 aromatic rings. The largest absolute Gasteiger partial charge is 0.488 e. The van der Waals surface area contributed by atoms with Crippen LogP contribution < -0.4 is 20.7 Å². The summed E-state index contributed by atoms with van der Waals surface area (Å²) in [5, 5.41) is 9.23. The topological polar surface area (TPSA) is 96.5 Å². The lowest BCUT2D eigenvalue weighted by Gasteiger charge is -2.35. The molecule has 3 N–H and O–H groups in total. The molecule has 0 aromatic heterocycles. The van der Waals surface area contributed by atoms with E-state index >= 15 is 0 Å². The smallest absolute Gasteiger partial charge is 0.243 e. The fourth-order valence-electron chi connectivity index (χ4n) is 4.66. The van der Waals surface area contributed by atoms with Crippen molar-refractivity contribution in [2.24, 2.45) is 0 Å². The highest BCUT2D eigenvalue weighted by Gasteiger charge is 2.50. The highest BCUT2D eigenvalue weighted by molar-refractivity contribution is 5.92. The van der Waals surface area contributed by atoms with Crippen molar-refractivity contribution in [1.29, 1.82) is 0 Å². The van der Waals surface area contributed by atoms with Crippen molar-refractivity contribution in [3.63, 3.8) is 0 Å². The monoisotopic (exact) mass is 437 g/mol. The number of carbonyl (C=O) groups excluding carboxylic acids is 3. The highest BCUT2D eigenvalue weighted by Crippen LogP contribution is 2.51. The first kappa shape index (κ1) is 22.3. The molecule has 0 unspecified atom stereocenters. The van der Waals surface area contributed by atoms with Crippen LogP contribution in [0.1, 0.15) is 49.7 Å². The van der Waals surface area contributed by atoms with Gasteiger partial charge in [0.2, 0.25) is 11.8 Å². The molecule has 7 heteroatoms. The summed E-state index contributed by atoms with van der Waals surface area (Å²) in [6.45, 7) is 2.97. The first-order valence-electron chi connectivity index (χ1n) is 11.5. The molecule has 1 spiro atoms. The van der Waals surface area contributed by atoms with Crippen LogP contribution in [-0.2, 0) is 19.8 Å². The van der Waals surface area contributed by atoms with E-state index in [-0.39, 0.29) is 23.7 Å². The third-order valence-electron chi connectivity index (χ3n) is 6.45. The van der Waals surface area contributed by atoms with Crippen LogP contribution in [0, 0.1) is 0 Å². The number of carbonyl (C=O) groups is 3. The maximum Gasteiger partial charge on any atom is 0.243 e. The number of ketones is 1. The summed E-state index contributed by atoms with van der Waals surface area (Å²) in [5.41, 5.74) is 1.34. The van der Waals surface area contributed by atoms with E-state index in [4.69, 9.17) is 4.74 Å². The zero-order valence-corrected chi connectivity index (χ0v) is 18.3. The van der Waals surface area contributed by atoms with Gasteiger partial charge in [0.25, 0.3) is 0 Å². The van der Waals surface area contributed by atoms with Crippen LogP contribution in [0.15, 0.2) is 36.4 Å². The summed E-state index contributed by atoms with van der Waals surface area (Å²) in [4.78, 5) is 36.8. The molecule has 1 fully saturated rings. The van der Waals surface area contributed by atoms with Crippen LogP contribution in [-0.4, -0.2) is 49.9 Å². The molecule has 1 aromatic carbocycles. The van der Waals surface area contributed by atoms with E-state index in [1.54, 1.807) is 18.2 Å². The molecular formula is C25H31N3O4. The lowest BCUT2D eigenvalue weighted by Crippen LogP contribution is -2.42. The Morgan fingerprint density at radius 1 is 0.875 bits per heavy atom. The molecule has 2 atom stereocenters. The summed E-state index contributed by atoms with van der Waals surface area (Å²) < 4.78 is 6.16. The van der Waals surface area contributed by atoms with Crippen molar-refractivity contribution in [2.75, 3.05) is 26.2 Å². The molecule has 2 heterocycles. The van der Waals surface area contributed by atoms with E-state index in [9.17, 15) is 14.4 Å². The van der Waals surface area contributed by atoms with Gasteiger partial charge in [-0.3, -0.25) is 14.4 Å². The van der Waals surface area contributed by atoms with E-state index in [0.29, 0.717) is 32.4 Å². The van der Waals surface area contributed by atoms with Crippen LogP contribution in [0.3, 0.4) is 0 Å². The normalized spacial score (nSPS) is 27.1. The van der Waals surface area contributed by atoms with Gasteiger partial charge in [-0.25, -0.2) is 0 Å². The van der Waals surface area contributed by atoms with Gasteiger partial charge in [0.15, 0.2) is 0 Å². The fraction of sp³-hybridized carbons (Fsp3) is 0.480. The van der Waals surface area contributed by atoms with E-state index in [2.05, 4.69) is 16.0 Å². The number of hydrogen-bond acceptors (Lipinski definition) is 5. The van der Waals surface area contributed by atoms with E-state index in [1.165, 1.54) is 0 Å². The molecule has 0 radical (unpaired) electrons. The maximum absolute atomic E-state index is 12.5. The zero-order chi connectivity index (χ0) is 22.4. The Bertz CT molecular complexity index is 939. The third kappa shape index (κ3) is 5.10. The molecule has 2 bridgehead atoms. The molecule has 1 saturated carbocycles. The van der Waals surface area contributed by atoms with E-state index < -0.39 is 5.41 Å². The van der Waals surface area contributed by atoms with Crippen LogP contribution >= 0.6 is 0 Å². The Morgan fingerprint density at radius 2 is 1.62 bits per heavy atom. The number of hydrogen-bond donors (Lipinski definition) is 3. The van der Waals surface area contributed by atoms with Crippen molar-refractivity contribution < 1.29 is 19.1 Å². The predicted molar refractivity (Wildman–Crippen MR) is 122 cm³/mol. The van der Waals surface area contributed by atoms with Gasteiger partial charge in [-0.1, -0.05) is 12.1 Å². The molecule has 32 heavy (non-hydrogen) atoms. The molecule has 170 valence electrons. The standard InChI is InChI=1S/C25H31N3O4/c29-19-8-10-25-11-9-24(31)27-14-2-1-12-26-13-3-15-28-23(30)7-5-18-4-6-21(20(25)16-18)32-22(25)17-19/h4-7,9,11,16,22,26H,1-3,8,10,12-15,17H2,(H,27,31)(H,28,30)/t22-,25+/m1/s1.